The van der Waals surface area contributed by atoms with Gasteiger partial charge in [0.1, 0.15) is 11.4 Å². The van der Waals surface area contributed by atoms with E-state index in [9.17, 15) is 9.90 Å². The number of carboxylic acid groups (broad SMARTS) is 1. The Labute approximate surface area is 124 Å². The van der Waals surface area contributed by atoms with E-state index < -0.39 is 5.97 Å². The number of anilines is 1. The Morgan fingerprint density at radius 1 is 1.38 bits per heavy atom. The predicted octanol–water partition coefficient (Wildman–Crippen LogP) is 3.70. The SMILES string of the molecule is CCC1CCCCN1c1nc2ccccc2cc1C(=O)O. The van der Waals surface area contributed by atoms with E-state index in [-0.39, 0.29) is 0 Å². The second kappa shape index (κ2) is 5.72. The number of aromatic carboxylic acids is 1. The van der Waals surface area contributed by atoms with Crippen molar-refractivity contribution in [3.63, 3.8) is 0 Å². The molecule has 2 aromatic rings. The van der Waals surface area contributed by atoms with Crippen LogP contribution in [0.25, 0.3) is 10.9 Å². The van der Waals surface area contributed by atoms with Gasteiger partial charge in [0.15, 0.2) is 0 Å². The first-order valence-electron chi connectivity index (χ1n) is 7.60. The first kappa shape index (κ1) is 13.9. The van der Waals surface area contributed by atoms with E-state index in [1.54, 1.807) is 6.07 Å². The molecule has 4 heteroatoms. The fraction of sp³-hybridized carbons (Fsp3) is 0.412. The first-order valence-corrected chi connectivity index (χ1v) is 7.60. The molecule has 21 heavy (non-hydrogen) atoms. The number of aromatic nitrogens is 1. The van der Waals surface area contributed by atoms with Crippen molar-refractivity contribution in [2.45, 2.75) is 38.6 Å². The van der Waals surface area contributed by atoms with Gasteiger partial charge in [0.25, 0.3) is 0 Å². The molecule has 1 N–H and O–H groups in total. The third-order valence-electron chi connectivity index (χ3n) is 4.30. The first-order chi connectivity index (χ1) is 10.2. The molecular weight excluding hydrogens is 264 g/mol. The molecule has 0 spiro atoms. The lowest BCUT2D eigenvalue weighted by molar-refractivity contribution is 0.0697. The highest BCUT2D eigenvalue weighted by molar-refractivity contribution is 5.98. The summed E-state index contributed by atoms with van der Waals surface area (Å²) >= 11 is 0. The lowest BCUT2D eigenvalue weighted by atomic mass is 9.99. The zero-order valence-electron chi connectivity index (χ0n) is 12.2. The molecule has 4 nitrogen and oxygen atoms in total. The number of pyridine rings is 1. The maximum atomic E-state index is 11.6. The normalized spacial score (nSPS) is 18.9. The summed E-state index contributed by atoms with van der Waals surface area (Å²) in [6, 6.07) is 9.84. The van der Waals surface area contributed by atoms with Crippen molar-refractivity contribution in [3.8, 4) is 0 Å². The minimum Gasteiger partial charge on any atom is -0.478 e. The van der Waals surface area contributed by atoms with Gasteiger partial charge in [0.2, 0.25) is 0 Å². The van der Waals surface area contributed by atoms with E-state index in [0.717, 1.165) is 36.7 Å². The Balaban J connectivity index is 2.14. The van der Waals surface area contributed by atoms with Crippen molar-refractivity contribution in [1.29, 1.82) is 0 Å². The molecule has 1 unspecified atom stereocenters. The summed E-state index contributed by atoms with van der Waals surface area (Å²) in [7, 11) is 0. The van der Waals surface area contributed by atoms with E-state index >= 15 is 0 Å². The molecule has 0 radical (unpaired) electrons. The molecule has 1 atom stereocenters. The van der Waals surface area contributed by atoms with Gasteiger partial charge in [-0.2, -0.15) is 0 Å². The van der Waals surface area contributed by atoms with Crippen LogP contribution in [0.5, 0.6) is 0 Å². The van der Waals surface area contributed by atoms with Gasteiger partial charge in [-0.25, -0.2) is 9.78 Å². The van der Waals surface area contributed by atoms with Crippen LogP contribution in [0, 0.1) is 0 Å². The van der Waals surface area contributed by atoms with Crippen molar-refractivity contribution < 1.29 is 9.90 Å². The molecule has 1 aliphatic rings. The summed E-state index contributed by atoms with van der Waals surface area (Å²) in [5.41, 5.74) is 1.17. The van der Waals surface area contributed by atoms with E-state index in [1.165, 1.54) is 6.42 Å². The molecular formula is C17H20N2O2. The molecule has 0 saturated carbocycles. The quantitative estimate of drug-likeness (QED) is 0.933. The molecule has 1 aromatic heterocycles. The topological polar surface area (TPSA) is 53.4 Å². The number of carbonyl (C=O) groups is 1. The minimum absolute atomic E-state index is 0.314. The standard InChI is InChI=1S/C17H20N2O2/c1-2-13-8-5-6-10-19(13)16-14(17(20)21)11-12-7-3-4-9-15(12)18-16/h3-4,7,9,11,13H,2,5-6,8,10H2,1H3,(H,20,21). The van der Waals surface area contributed by atoms with Gasteiger partial charge in [0.05, 0.1) is 5.52 Å². The van der Waals surface area contributed by atoms with Crippen LogP contribution in [-0.4, -0.2) is 28.6 Å². The number of piperidine rings is 1. The third-order valence-corrected chi connectivity index (χ3v) is 4.30. The predicted molar refractivity (Wildman–Crippen MR) is 84.0 cm³/mol. The number of benzene rings is 1. The highest BCUT2D eigenvalue weighted by Crippen LogP contribution is 2.30. The average molecular weight is 284 g/mol. The molecule has 110 valence electrons. The Morgan fingerprint density at radius 2 is 2.19 bits per heavy atom. The zero-order chi connectivity index (χ0) is 14.8. The van der Waals surface area contributed by atoms with Crippen molar-refractivity contribution in [2.24, 2.45) is 0 Å². The number of fused-ring (bicyclic) bond motifs is 1. The summed E-state index contributed by atoms with van der Waals surface area (Å²) in [5.74, 6) is -0.267. The molecule has 3 rings (SSSR count). The van der Waals surface area contributed by atoms with Crippen molar-refractivity contribution in [2.75, 3.05) is 11.4 Å². The van der Waals surface area contributed by atoms with Crippen LogP contribution in [0.4, 0.5) is 5.82 Å². The molecule has 0 amide bonds. The molecule has 1 saturated heterocycles. The maximum absolute atomic E-state index is 11.6. The molecule has 1 fully saturated rings. The zero-order valence-corrected chi connectivity index (χ0v) is 12.2. The van der Waals surface area contributed by atoms with E-state index in [2.05, 4.69) is 16.8 Å². The summed E-state index contributed by atoms with van der Waals surface area (Å²) in [6.45, 7) is 3.05. The van der Waals surface area contributed by atoms with Crippen LogP contribution in [0.1, 0.15) is 43.0 Å². The minimum atomic E-state index is -0.899. The van der Waals surface area contributed by atoms with Gasteiger partial charge in [-0.1, -0.05) is 25.1 Å². The van der Waals surface area contributed by atoms with Gasteiger partial charge in [-0.3, -0.25) is 0 Å². The Bertz CT molecular complexity index is 669. The van der Waals surface area contributed by atoms with Crippen molar-refractivity contribution >= 4 is 22.7 Å². The lowest BCUT2D eigenvalue weighted by Gasteiger charge is -2.37. The number of hydrogen-bond donors (Lipinski definition) is 1. The number of carboxylic acids is 1. The lowest BCUT2D eigenvalue weighted by Crippen LogP contribution is -2.40. The van der Waals surface area contributed by atoms with E-state index in [1.807, 2.05) is 24.3 Å². The molecule has 0 bridgehead atoms. The van der Waals surface area contributed by atoms with Crippen molar-refractivity contribution in [1.82, 2.24) is 4.98 Å². The number of rotatable bonds is 3. The Hall–Kier alpha value is -2.10. The average Bonchev–Trinajstić information content (AvgIpc) is 2.53. The Kier molecular flexibility index (Phi) is 3.78. The number of nitrogens with zero attached hydrogens (tertiary/aromatic N) is 2. The van der Waals surface area contributed by atoms with Crippen molar-refractivity contribution in [3.05, 3.63) is 35.9 Å². The highest BCUT2D eigenvalue weighted by atomic mass is 16.4. The second-order valence-electron chi connectivity index (χ2n) is 5.61. The third kappa shape index (κ3) is 2.58. The van der Waals surface area contributed by atoms with E-state index in [0.29, 0.717) is 17.4 Å². The summed E-state index contributed by atoms with van der Waals surface area (Å²) < 4.78 is 0. The maximum Gasteiger partial charge on any atom is 0.339 e. The monoisotopic (exact) mass is 284 g/mol. The van der Waals surface area contributed by atoms with Gasteiger partial charge < -0.3 is 10.0 Å². The Morgan fingerprint density at radius 3 is 2.95 bits per heavy atom. The fourth-order valence-corrected chi connectivity index (χ4v) is 3.19. The number of hydrogen-bond acceptors (Lipinski definition) is 3. The highest BCUT2D eigenvalue weighted by Gasteiger charge is 2.26. The van der Waals surface area contributed by atoms with Crippen LogP contribution in [0.2, 0.25) is 0 Å². The van der Waals surface area contributed by atoms with Crippen LogP contribution in [-0.2, 0) is 0 Å². The van der Waals surface area contributed by atoms with Crippen LogP contribution >= 0.6 is 0 Å². The van der Waals surface area contributed by atoms with Gasteiger partial charge >= 0.3 is 5.97 Å². The molecule has 0 aliphatic carbocycles. The molecule has 1 aromatic carbocycles. The van der Waals surface area contributed by atoms with Gasteiger partial charge in [-0.05, 0) is 37.8 Å². The smallest absolute Gasteiger partial charge is 0.339 e. The second-order valence-corrected chi connectivity index (χ2v) is 5.61. The number of para-hydroxylation sites is 1. The van der Waals surface area contributed by atoms with Gasteiger partial charge in [-0.15, -0.1) is 0 Å². The largest absolute Gasteiger partial charge is 0.478 e. The molecule has 1 aliphatic heterocycles. The van der Waals surface area contributed by atoms with Crippen LogP contribution in [0.3, 0.4) is 0 Å². The van der Waals surface area contributed by atoms with Gasteiger partial charge in [0, 0.05) is 18.0 Å². The fourth-order valence-electron chi connectivity index (χ4n) is 3.19. The molecule has 2 heterocycles. The summed E-state index contributed by atoms with van der Waals surface area (Å²) in [4.78, 5) is 18.5. The summed E-state index contributed by atoms with van der Waals surface area (Å²) in [6.07, 6.45) is 4.45. The summed E-state index contributed by atoms with van der Waals surface area (Å²) in [5, 5.41) is 10.4. The van der Waals surface area contributed by atoms with Crippen LogP contribution < -0.4 is 4.90 Å². The van der Waals surface area contributed by atoms with E-state index in [4.69, 9.17) is 0 Å². The van der Waals surface area contributed by atoms with Crippen LogP contribution in [0.15, 0.2) is 30.3 Å².